The summed E-state index contributed by atoms with van der Waals surface area (Å²) in [5.74, 6) is 0.770. The van der Waals surface area contributed by atoms with Crippen LogP contribution in [-0.2, 0) is 0 Å². The fourth-order valence-electron chi connectivity index (χ4n) is 1.86. The summed E-state index contributed by atoms with van der Waals surface area (Å²) < 4.78 is 10.4. The number of hydrogen-bond donors (Lipinski definition) is 1. The Bertz CT molecular complexity index is 720. The van der Waals surface area contributed by atoms with Crippen LogP contribution in [0.5, 0.6) is 11.5 Å². The van der Waals surface area contributed by atoms with E-state index in [-0.39, 0.29) is 16.1 Å². The summed E-state index contributed by atoms with van der Waals surface area (Å²) in [5, 5.41) is 3.16. The molecule has 1 heterocycles. The molecule has 0 radical (unpaired) electrons. The highest BCUT2D eigenvalue weighted by Gasteiger charge is 2.13. The van der Waals surface area contributed by atoms with Gasteiger partial charge >= 0.3 is 0 Å². The number of aromatic nitrogens is 1. The van der Waals surface area contributed by atoms with Crippen molar-refractivity contribution in [2.24, 2.45) is 0 Å². The van der Waals surface area contributed by atoms with Gasteiger partial charge in [-0.1, -0.05) is 23.2 Å². The zero-order valence-corrected chi connectivity index (χ0v) is 13.7. The zero-order chi connectivity index (χ0) is 16.3. The molecule has 0 aliphatic carbocycles. The van der Waals surface area contributed by atoms with Crippen LogP contribution >= 0.6 is 23.2 Å². The summed E-state index contributed by atoms with van der Waals surface area (Å²) in [5.41, 5.74) is 1.75. The van der Waals surface area contributed by atoms with Gasteiger partial charge in [-0.3, -0.25) is 4.79 Å². The van der Waals surface area contributed by atoms with E-state index in [1.54, 1.807) is 19.2 Å². The van der Waals surface area contributed by atoms with Crippen molar-refractivity contribution in [2.75, 3.05) is 19.5 Å². The molecule has 1 amide bonds. The van der Waals surface area contributed by atoms with E-state index in [0.717, 1.165) is 5.56 Å². The van der Waals surface area contributed by atoms with Gasteiger partial charge in [-0.25, -0.2) is 4.98 Å². The molecule has 0 saturated carbocycles. The molecule has 0 unspecified atom stereocenters. The average Bonchev–Trinajstić information content (AvgIpc) is 2.51. The van der Waals surface area contributed by atoms with Gasteiger partial charge in [0.15, 0.2) is 11.5 Å². The molecule has 0 bridgehead atoms. The van der Waals surface area contributed by atoms with Crippen LogP contribution in [0.3, 0.4) is 0 Å². The van der Waals surface area contributed by atoms with E-state index in [9.17, 15) is 4.79 Å². The number of hydrogen-bond acceptors (Lipinski definition) is 4. The molecule has 2 aromatic rings. The van der Waals surface area contributed by atoms with Gasteiger partial charge in [0.05, 0.1) is 24.8 Å². The molecule has 7 heteroatoms. The lowest BCUT2D eigenvalue weighted by Crippen LogP contribution is -2.13. The van der Waals surface area contributed by atoms with Crippen LogP contribution in [0.2, 0.25) is 10.2 Å². The van der Waals surface area contributed by atoms with Crippen molar-refractivity contribution in [1.29, 1.82) is 0 Å². The van der Waals surface area contributed by atoms with Gasteiger partial charge in [0.1, 0.15) is 5.15 Å². The third kappa shape index (κ3) is 3.43. The lowest BCUT2D eigenvalue weighted by Gasteiger charge is -2.13. The normalized spacial score (nSPS) is 10.2. The Hall–Kier alpha value is -1.98. The van der Waals surface area contributed by atoms with E-state index in [1.165, 1.54) is 19.4 Å². The minimum absolute atomic E-state index is 0.153. The molecule has 0 saturated heterocycles. The first kappa shape index (κ1) is 16.4. The van der Waals surface area contributed by atoms with Crippen molar-refractivity contribution in [2.45, 2.75) is 6.92 Å². The number of rotatable bonds is 4. The number of amides is 1. The lowest BCUT2D eigenvalue weighted by molar-refractivity contribution is 0.102. The van der Waals surface area contributed by atoms with Crippen molar-refractivity contribution in [3.05, 3.63) is 45.7 Å². The smallest absolute Gasteiger partial charge is 0.257 e. The van der Waals surface area contributed by atoms with Gasteiger partial charge in [0, 0.05) is 18.0 Å². The maximum Gasteiger partial charge on any atom is 0.257 e. The van der Waals surface area contributed by atoms with Crippen molar-refractivity contribution in [3.8, 4) is 11.5 Å². The number of ether oxygens (including phenoxy) is 2. The largest absolute Gasteiger partial charge is 0.493 e. The predicted octanol–water partition coefficient (Wildman–Crippen LogP) is 3.97. The van der Waals surface area contributed by atoms with Crippen LogP contribution in [0.15, 0.2) is 24.4 Å². The number of halogens is 2. The monoisotopic (exact) mass is 340 g/mol. The minimum atomic E-state index is -0.346. The maximum absolute atomic E-state index is 12.3. The fourth-order valence-corrected chi connectivity index (χ4v) is 2.12. The van der Waals surface area contributed by atoms with E-state index in [0.29, 0.717) is 22.7 Å². The number of nitrogens with one attached hydrogen (secondary N) is 1. The highest BCUT2D eigenvalue weighted by Crippen LogP contribution is 2.33. The number of carbonyl (C=O) groups is 1. The van der Waals surface area contributed by atoms with E-state index < -0.39 is 0 Å². The second-order valence-corrected chi connectivity index (χ2v) is 5.24. The highest BCUT2D eigenvalue weighted by atomic mass is 35.5. The topological polar surface area (TPSA) is 60.5 Å². The summed E-state index contributed by atoms with van der Waals surface area (Å²) >= 11 is 11.6. The molecule has 2 rings (SSSR count). The molecule has 1 aromatic carbocycles. The van der Waals surface area contributed by atoms with Gasteiger partial charge < -0.3 is 14.8 Å². The minimum Gasteiger partial charge on any atom is -0.493 e. The molecule has 0 aliphatic rings. The molecule has 5 nitrogen and oxygen atoms in total. The third-order valence-electron chi connectivity index (χ3n) is 3.04. The van der Waals surface area contributed by atoms with Gasteiger partial charge in [0.2, 0.25) is 0 Å². The van der Waals surface area contributed by atoms with Crippen molar-refractivity contribution in [1.82, 2.24) is 4.98 Å². The highest BCUT2D eigenvalue weighted by molar-refractivity contribution is 6.41. The first-order valence-electron chi connectivity index (χ1n) is 6.31. The van der Waals surface area contributed by atoms with Gasteiger partial charge in [-0.05, 0) is 24.6 Å². The molecular formula is C15H14Cl2N2O3. The van der Waals surface area contributed by atoms with E-state index in [1.807, 2.05) is 6.92 Å². The third-order valence-corrected chi connectivity index (χ3v) is 3.72. The Labute approximate surface area is 138 Å². The molecule has 1 N–H and O–H groups in total. The SMILES string of the molecule is COc1cc(C)c(NC(=O)c2cnc(Cl)c(Cl)c2)cc1OC. The Morgan fingerprint density at radius 3 is 2.36 bits per heavy atom. The number of benzene rings is 1. The van der Waals surface area contributed by atoms with Gasteiger partial charge in [-0.2, -0.15) is 0 Å². The number of pyridine rings is 1. The quantitative estimate of drug-likeness (QED) is 0.855. The van der Waals surface area contributed by atoms with Crippen LogP contribution in [0, 0.1) is 6.92 Å². The van der Waals surface area contributed by atoms with E-state index in [2.05, 4.69) is 10.3 Å². The Morgan fingerprint density at radius 1 is 1.14 bits per heavy atom. The standard InChI is InChI=1S/C15H14Cl2N2O3/c1-8-4-12(21-2)13(22-3)6-11(8)19-15(20)9-5-10(16)14(17)18-7-9/h4-7H,1-3H3,(H,19,20). The summed E-state index contributed by atoms with van der Waals surface area (Å²) in [6.07, 6.45) is 1.36. The Balaban J connectivity index is 2.29. The van der Waals surface area contributed by atoms with E-state index in [4.69, 9.17) is 32.7 Å². The number of methoxy groups -OCH3 is 2. The first-order valence-corrected chi connectivity index (χ1v) is 7.07. The summed E-state index contributed by atoms with van der Waals surface area (Å²) in [4.78, 5) is 16.1. The van der Waals surface area contributed by atoms with Crippen molar-refractivity contribution >= 4 is 34.8 Å². The summed E-state index contributed by atoms with van der Waals surface area (Å²) in [6.45, 7) is 1.85. The average molecular weight is 341 g/mol. The van der Waals surface area contributed by atoms with E-state index >= 15 is 0 Å². The van der Waals surface area contributed by atoms with Crippen LogP contribution in [0.25, 0.3) is 0 Å². The molecular weight excluding hydrogens is 327 g/mol. The fraction of sp³-hybridized carbons (Fsp3) is 0.200. The maximum atomic E-state index is 12.3. The molecule has 0 spiro atoms. The van der Waals surface area contributed by atoms with Crippen LogP contribution in [0.1, 0.15) is 15.9 Å². The molecule has 22 heavy (non-hydrogen) atoms. The zero-order valence-electron chi connectivity index (χ0n) is 12.2. The van der Waals surface area contributed by atoms with Crippen LogP contribution in [-0.4, -0.2) is 25.1 Å². The lowest BCUT2D eigenvalue weighted by atomic mass is 10.1. The molecule has 0 fully saturated rings. The first-order chi connectivity index (χ1) is 10.5. The Morgan fingerprint density at radius 2 is 1.77 bits per heavy atom. The second kappa shape index (κ2) is 6.85. The van der Waals surface area contributed by atoms with Gasteiger partial charge in [-0.15, -0.1) is 0 Å². The molecule has 0 atom stereocenters. The number of aryl methyl sites for hydroxylation is 1. The number of carbonyl (C=O) groups excluding carboxylic acids is 1. The number of anilines is 1. The molecule has 0 aliphatic heterocycles. The molecule has 1 aromatic heterocycles. The Kier molecular flexibility index (Phi) is 5.11. The van der Waals surface area contributed by atoms with Crippen LogP contribution < -0.4 is 14.8 Å². The second-order valence-electron chi connectivity index (χ2n) is 4.47. The van der Waals surface area contributed by atoms with Crippen LogP contribution in [0.4, 0.5) is 5.69 Å². The van der Waals surface area contributed by atoms with Gasteiger partial charge in [0.25, 0.3) is 5.91 Å². The number of nitrogens with zero attached hydrogens (tertiary/aromatic N) is 1. The van der Waals surface area contributed by atoms with Crippen molar-refractivity contribution in [3.63, 3.8) is 0 Å². The molecule has 116 valence electrons. The summed E-state index contributed by atoms with van der Waals surface area (Å²) in [6, 6.07) is 4.93. The van der Waals surface area contributed by atoms with Crippen molar-refractivity contribution < 1.29 is 14.3 Å². The summed E-state index contributed by atoms with van der Waals surface area (Å²) in [7, 11) is 3.08. The predicted molar refractivity (Wildman–Crippen MR) is 86.5 cm³/mol.